The van der Waals surface area contributed by atoms with E-state index in [-0.39, 0.29) is 56.1 Å². The molecule has 2 aliphatic rings. The molecule has 1 fully saturated rings. The fourth-order valence-electron chi connectivity index (χ4n) is 7.76. The third-order valence-electron chi connectivity index (χ3n) is 10.6. The summed E-state index contributed by atoms with van der Waals surface area (Å²) in [6.45, 7) is 2.12. The van der Waals surface area contributed by atoms with Crippen LogP contribution in [-0.2, 0) is 62.8 Å². The highest BCUT2D eigenvalue weighted by Crippen LogP contribution is 2.60. The average Bonchev–Trinajstić information content (AvgIpc) is 3.56. The number of rotatable bonds is 13. The summed E-state index contributed by atoms with van der Waals surface area (Å²) in [6.07, 6.45) is -13.7. The fourth-order valence-corrected chi connectivity index (χ4v) is 11.7. The van der Waals surface area contributed by atoms with Gasteiger partial charge in [-0.2, -0.15) is 26.3 Å². The number of hydrogen-bond acceptors (Lipinski definition) is 7. The number of amides is 1. The van der Waals surface area contributed by atoms with Crippen molar-refractivity contribution in [3.63, 3.8) is 0 Å². The first kappa shape index (κ1) is 43.4. The minimum Gasteiger partial charge on any atom is -0.351 e. The number of fused-ring (bicyclic) bond motifs is 3. The first-order valence-corrected chi connectivity index (χ1v) is 20.9. The molecule has 1 N–H and O–H groups in total. The lowest BCUT2D eigenvalue weighted by atomic mass is 9.73. The van der Waals surface area contributed by atoms with Crippen molar-refractivity contribution in [1.29, 1.82) is 0 Å². The summed E-state index contributed by atoms with van der Waals surface area (Å²) in [5.74, 6) is -2.72. The second-order valence-electron chi connectivity index (χ2n) is 14.7. The molecule has 0 bridgehead atoms. The van der Waals surface area contributed by atoms with E-state index in [1.54, 1.807) is 60.7 Å². The van der Waals surface area contributed by atoms with Crippen molar-refractivity contribution in [2.24, 2.45) is 5.92 Å². The van der Waals surface area contributed by atoms with Gasteiger partial charge in [-0.15, -0.1) is 0 Å². The largest absolute Gasteiger partial charge is 0.476 e. The Labute approximate surface area is 329 Å². The standard InChI is InChI=1S/C40H38F8NO7PS/c1-36(2,56-57(51,54-24-26-9-5-3-6-10-26)55-25-27-11-7-4-8-12-27)35(50)49-34-21-22-37(58(52,53)31-17-15-30(41)16-18-31)32-20-14-29(23-28(32)13-19-33(34)37)38(42,39(43,44)45)40(46,47)48/h3-12,14-18,20,23,33-34H,13,19,21-22,24-25H2,1-2H3,(H,49,50)/t33-,34+,37+/m0/s1. The van der Waals surface area contributed by atoms with E-state index in [1.807, 2.05) is 0 Å². The number of nitrogens with one attached hydrogen (secondary N) is 1. The second kappa shape index (κ2) is 15.8. The Morgan fingerprint density at radius 3 is 1.84 bits per heavy atom. The SMILES string of the molecule is CC(C)(OP(=O)(OCc1ccccc1)OCc1ccccc1)C(=O)N[C@@H]1CC[C@@]2(S(=O)(=O)c3ccc(F)cc3)c3ccc(C(F)(C(F)(F)F)C(F)(F)F)cc3CC[C@@H]12. The lowest BCUT2D eigenvalue weighted by molar-refractivity contribution is -0.348. The molecule has 1 amide bonds. The number of alkyl halides is 7. The number of phosphoric ester groups is 1. The Hall–Kier alpha value is -4.15. The second-order valence-corrected chi connectivity index (χ2v) is 18.5. The van der Waals surface area contributed by atoms with Crippen molar-refractivity contribution in [1.82, 2.24) is 5.32 Å². The molecule has 1 saturated carbocycles. The van der Waals surface area contributed by atoms with E-state index in [4.69, 9.17) is 13.6 Å². The maximum atomic E-state index is 15.2. The molecule has 4 aromatic rings. The van der Waals surface area contributed by atoms with E-state index < -0.39 is 80.2 Å². The Bertz CT molecular complexity index is 2210. The molecule has 2 aliphatic carbocycles. The van der Waals surface area contributed by atoms with E-state index in [0.717, 1.165) is 30.3 Å². The van der Waals surface area contributed by atoms with Crippen molar-refractivity contribution < 1.29 is 66.5 Å². The number of carbonyl (C=O) groups is 1. The zero-order valence-corrected chi connectivity index (χ0v) is 32.7. The Morgan fingerprint density at radius 2 is 1.33 bits per heavy atom. The predicted molar refractivity (Wildman–Crippen MR) is 195 cm³/mol. The number of aryl methyl sites for hydroxylation is 1. The maximum absolute atomic E-state index is 15.2. The molecule has 6 rings (SSSR count). The Kier molecular flexibility index (Phi) is 11.8. The highest BCUT2D eigenvalue weighted by molar-refractivity contribution is 7.92. The number of sulfone groups is 1. The van der Waals surface area contributed by atoms with Crippen LogP contribution in [0.5, 0.6) is 0 Å². The summed E-state index contributed by atoms with van der Waals surface area (Å²) in [5.41, 5.74) is -8.72. The Morgan fingerprint density at radius 1 is 0.793 bits per heavy atom. The predicted octanol–water partition coefficient (Wildman–Crippen LogP) is 9.96. The number of benzene rings is 4. The molecule has 8 nitrogen and oxygen atoms in total. The monoisotopic (exact) mass is 859 g/mol. The molecule has 18 heteroatoms. The molecular weight excluding hydrogens is 821 g/mol. The molecule has 0 aliphatic heterocycles. The molecule has 3 atom stereocenters. The van der Waals surface area contributed by atoms with Gasteiger partial charge in [-0.1, -0.05) is 78.9 Å². The summed E-state index contributed by atoms with van der Waals surface area (Å²) < 4.78 is 170. The van der Waals surface area contributed by atoms with Crippen LogP contribution in [0.25, 0.3) is 0 Å². The third kappa shape index (κ3) is 8.08. The van der Waals surface area contributed by atoms with Crippen LogP contribution in [0, 0.1) is 11.7 Å². The van der Waals surface area contributed by atoms with Gasteiger partial charge in [0.25, 0.3) is 5.91 Å². The van der Waals surface area contributed by atoms with Gasteiger partial charge in [0.1, 0.15) is 10.6 Å². The van der Waals surface area contributed by atoms with Crippen molar-refractivity contribution in [3.8, 4) is 0 Å². The molecule has 312 valence electrons. The maximum Gasteiger partial charge on any atom is 0.476 e. The van der Waals surface area contributed by atoms with Gasteiger partial charge in [-0.05, 0) is 86.1 Å². The normalized spacial score (nSPS) is 20.3. The summed E-state index contributed by atoms with van der Waals surface area (Å²) in [5, 5.41) is 2.77. The number of halogens is 8. The van der Waals surface area contributed by atoms with Gasteiger partial charge in [0.05, 0.1) is 18.1 Å². The lowest BCUT2D eigenvalue weighted by Crippen LogP contribution is -2.53. The van der Waals surface area contributed by atoms with Crippen molar-refractivity contribution >= 4 is 23.6 Å². The smallest absolute Gasteiger partial charge is 0.351 e. The van der Waals surface area contributed by atoms with Crippen LogP contribution in [0.4, 0.5) is 35.1 Å². The van der Waals surface area contributed by atoms with Gasteiger partial charge in [0, 0.05) is 17.5 Å². The minimum absolute atomic E-state index is 0.0705. The fraction of sp³-hybridized carbons (Fsp3) is 0.375. The minimum atomic E-state index is -6.41. The zero-order chi connectivity index (χ0) is 42.4. The Balaban J connectivity index is 1.33. The summed E-state index contributed by atoms with van der Waals surface area (Å²) in [6, 6.07) is 21.4. The zero-order valence-electron chi connectivity index (χ0n) is 30.9. The van der Waals surface area contributed by atoms with Crippen LogP contribution < -0.4 is 5.32 Å². The van der Waals surface area contributed by atoms with Crippen molar-refractivity contribution in [3.05, 3.63) is 137 Å². The van der Waals surface area contributed by atoms with Crippen molar-refractivity contribution in [2.45, 2.75) is 92.1 Å². The highest BCUT2D eigenvalue weighted by Gasteiger charge is 2.74. The first-order valence-electron chi connectivity index (χ1n) is 18.0. The van der Waals surface area contributed by atoms with Crippen LogP contribution in [0.15, 0.2) is 108 Å². The van der Waals surface area contributed by atoms with E-state index in [1.165, 1.54) is 13.8 Å². The van der Waals surface area contributed by atoms with Crippen LogP contribution in [-0.4, -0.2) is 38.3 Å². The van der Waals surface area contributed by atoms with Gasteiger partial charge in [0.15, 0.2) is 15.4 Å². The summed E-state index contributed by atoms with van der Waals surface area (Å²) in [4.78, 5) is 13.7. The molecular formula is C40H38F8NO7PS. The third-order valence-corrected chi connectivity index (χ3v) is 14.8. The number of hydrogen-bond donors (Lipinski definition) is 1. The van der Waals surface area contributed by atoms with E-state index in [2.05, 4.69) is 5.32 Å². The summed E-state index contributed by atoms with van der Waals surface area (Å²) in [7, 11) is -9.22. The molecule has 0 saturated heterocycles. The van der Waals surface area contributed by atoms with Gasteiger partial charge in [-0.3, -0.25) is 18.4 Å². The molecule has 58 heavy (non-hydrogen) atoms. The van der Waals surface area contributed by atoms with Crippen LogP contribution in [0.2, 0.25) is 0 Å². The van der Waals surface area contributed by atoms with E-state index in [9.17, 15) is 48.5 Å². The van der Waals surface area contributed by atoms with Gasteiger partial charge < -0.3 is 5.32 Å². The van der Waals surface area contributed by atoms with E-state index >= 15 is 4.39 Å². The first-order chi connectivity index (χ1) is 27.0. The van der Waals surface area contributed by atoms with Gasteiger partial charge in [0.2, 0.25) is 0 Å². The lowest BCUT2D eigenvalue weighted by Gasteiger charge is -2.43. The quantitative estimate of drug-likeness (QED) is 0.0811. The highest BCUT2D eigenvalue weighted by atomic mass is 32.2. The van der Waals surface area contributed by atoms with Gasteiger partial charge in [-0.25, -0.2) is 21.8 Å². The topological polar surface area (TPSA) is 108 Å². The van der Waals surface area contributed by atoms with Crippen LogP contribution in [0.1, 0.15) is 60.9 Å². The molecule has 0 unspecified atom stereocenters. The van der Waals surface area contributed by atoms with Crippen molar-refractivity contribution in [2.75, 3.05) is 0 Å². The van der Waals surface area contributed by atoms with E-state index in [0.29, 0.717) is 17.2 Å². The average molecular weight is 860 g/mol. The molecule has 0 spiro atoms. The molecule has 0 radical (unpaired) electrons. The molecule has 0 heterocycles. The molecule has 4 aromatic carbocycles. The van der Waals surface area contributed by atoms with Crippen LogP contribution in [0.3, 0.4) is 0 Å². The van der Waals surface area contributed by atoms with Gasteiger partial charge >= 0.3 is 25.8 Å². The summed E-state index contributed by atoms with van der Waals surface area (Å²) >= 11 is 0. The number of carbonyl (C=O) groups excluding carboxylic acids is 1. The van der Waals surface area contributed by atoms with Crippen LogP contribution >= 0.6 is 7.82 Å². The number of phosphoric acid groups is 1. The molecule has 0 aromatic heterocycles.